The van der Waals surface area contributed by atoms with Gasteiger partial charge in [0.1, 0.15) is 0 Å². The van der Waals surface area contributed by atoms with Crippen LogP contribution in [0.25, 0.3) is 5.69 Å². The van der Waals surface area contributed by atoms with Gasteiger partial charge < -0.3 is 10.6 Å². The zero-order chi connectivity index (χ0) is 20.1. The van der Waals surface area contributed by atoms with E-state index in [0.29, 0.717) is 29.8 Å². The fourth-order valence-corrected chi connectivity index (χ4v) is 3.01. The number of nitrogens with one attached hydrogen (secondary N) is 2. The Bertz CT molecular complexity index is 990. The molecular formula is C22H24N4O2. The summed E-state index contributed by atoms with van der Waals surface area (Å²) >= 11 is 0. The monoisotopic (exact) mass is 376 g/mol. The van der Waals surface area contributed by atoms with Gasteiger partial charge >= 0.3 is 0 Å². The van der Waals surface area contributed by atoms with Gasteiger partial charge in [-0.3, -0.25) is 9.59 Å². The number of benzene rings is 2. The summed E-state index contributed by atoms with van der Waals surface area (Å²) in [7, 11) is 0. The number of aryl methyl sites for hydroxylation is 1. The molecule has 0 aliphatic carbocycles. The van der Waals surface area contributed by atoms with Crippen molar-refractivity contribution in [2.45, 2.75) is 27.2 Å². The molecule has 0 bridgehead atoms. The van der Waals surface area contributed by atoms with Gasteiger partial charge in [-0.2, -0.15) is 5.10 Å². The first-order valence-electron chi connectivity index (χ1n) is 9.37. The van der Waals surface area contributed by atoms with Crippen molar-refractivity contribution in [1.29, 1.82) is 0 Å². The van der Waals surface area contributed by atoms with Crippen molar-refractivity contribution in [3.63, 3.8) is 0 Å². The molecular weight excluding hydrogens is 352 g/mol. The SMILES string of the molecule is CCNC(=O)c1cccc(NC(=O)c2cnn(-c3ccc(C)cc3)c2CC)c1. The molecule has 0 aliphatic rings. The van der Waals surface area contributed by atoms with E-state index in [1.54, 1.807) is 35.1 Å². The first-order chi connectivity index (χ1) is 13.5. The summed E-state index contributed by atoms with van der Waals surface area (Å²) in [5.41, 5.74) is 4.51. The van der Waals surface area contributed by atoms with Gasteiger partial charge in [-0.05, 0) is 50.6 Å². The maximum atomic E-state index is 12.8. The van der Waals surface area contributed by atoms with Crippen LogP contribution in [0.5, 0.6) is 0 Å². The predicted molar refractivity (Wildman–Crippen MR) is 110 cm³/mol. The normalized spacial score (nSPS) is 10.5. The topological polar surface area (TPSA) is 76.0 Å². The third-order valence-electron chi connectivity index (χ3n) is 4.45. The average molecular weight is 376 g/mol. The van der Waals surface area contributed by atoms with E-state index in [1.807, 2.05) is 45.0 Å². The van der Waals surface area contributed by atoms with E-state index in [0.717, 1.165) is 11.4 Å². The van der Waals surface area contributed by atoms with Gasteiger partial charge in [-0.1, -0.05) is 30.7 Å². The Morgan fingerprint density at radius 1 is 1.04 bits per heavy atom. The number of carbonyl (C=O) groups is 2. The minimum absolute atomic E-state index is 0.167. The highest BCUT2D eigenvalue weighted by Crippen LogP contribution is 2.19. The van der Waals surface area contributed by atoms with Crippen LogP contribution in [0.15, 0.2) is 54.7 Å². The minimum Gasteiger partial charge on any atom is -0.352 e. The molecule has 3 aromatic rings. The molecule has 0 unspecified atom stereocenters. The summed E-state index contributed by atoms with van der Waals surface area (Å²) < 4.78 is 1.79. The molecule has 0 atom stereocenters. The van der Waals surface area contributed by atoms with Crippen LogP contribution in [0.1, 0.15) is 45.8 Å². The van der Waals surface area contributed by atoms with Crippen LogP contribution in [-0.4, -0.2) is 28.1 Å². The Hall–Kier alpha value is -3.41. The molecule has 2 amide bonds. The Balaban J connectivity index is 1.84. The predicted octanol–water partition coefficient (Wildman–Crippen LogP) is 3.75. The zero-order valence-electron chi connectivity index (χ0n) is 16.3. The van der Waals surface area contributed by atoms with Crippen molar-refractivity contribution in [2.75, 3.05) is 11.9 Å². The fourth-order valence-electron chi connectivity index (χ4n) is 3.01. The lowest BCUT2D eigenvalue weighted by Gasteiger charge is -2.10. The first kappa shape index (κ1) is 19.4. The molecule has 0 radical (unpaired) electrons. The summed E-state index contributed by atoms with van der Waals surface area (Å²) in [6.45, 7) is 6.44. The zero-order valence-corrected chi connectivity index (χ0v) is 16.3. The Labute approximate surface area is 164 Å². The number of nitrogens with zero attached hydrogens (tertiary/aromatic N) is 2. The number of carbonyl (C=O) groups excluding carboxylic acids is 2. The van der Waals surface area contributed by atoms with Gasteiger partial charge in [-0.15, -0.1) is 0 Å². The van der Waals surface area contributed by atoms with Gasteiger partial charge in [0.25, 0.3) is 11.8 Å². The Morgan fingerprint density at radius 3 is 2.46 bits per heavy atom. The van der Waals surface area contributed by atoms with Crippen LogP contribution >= 0.6 is 0 Å². The molecule has 0 spiro atoms. The van der Waals surface area contributed by atoms with Crippen molar-refractivity contribution in [3.05, 3.63) is 77.1 Å². The average Bonchev–Trinajstić information content (AvgIpc) is 3.13. The maximum absolute atomic E-state index is 12.8. The van der Waals surface area contributed by atoms with E-state index >= 15 is 0 Å². The summed E-state index contributed by atoms with van der Waals surface area (Å²) in [6, 6.07) is 14.9. The highest BCUT2D eigenvalue weighted by atomic mass is 16.2. The number of rotatable bonds is 6. The number of aromatic nitrogens is 2. The van der Waals surface area contributed by atoms with Crippen LogP contribution in [0.4, 0.5) is 5.69 Å². The number of anilines is 1. The summed E-state index contributed by atoms with van der Waals surface area (Å²) in [6.07, 6.45) is 2.25. The van der Waals surface area contributed by atoms with Crippen molar-refractivity contribution in [3.8, 4) is 5.69 Å². The largest absolute Gasteiger partial charge is 0.352 e. The van der Waals surface area contributed by atoms with Crippen LogP contribution in [0.2, 0.25) is 0 Å². The molecule has 6 nitrogen and oxygen atoms in total. The quantitative estimate of drug-likeness (QED) is 0.688. The third kappa shape index (κ3) is 4.11. The third-order valence-corrected chi connectivity index (χ3v) is 4.45. The lowest BCUT2D eigenvalue weighted by Crippen LogP contribution is -2.22. The highest BCUT2D eigenvalue weighted by molar-refractivity contribution is 6.05. The van der Waals surface area contributed by atoms with Crippen LogP contribution < -0.4 is 10.6 Å². The molecule has 0 saturated carbocycles. The van der Waals surface area contributed by atoms with Gasteiger partial charge in [0, 0.05) is 17.8 Å². The molecule has 2 aromatic carbocycles. The molecule has 0 saturated heterocycles. The minimum atomic E-state index is -0.247. The van der Waals surface area contributed by atoms with Crippen LogP contribution in [0.3, 0.4) is 0 Å². The molecule has 0 fully saturated rings. The molecule has 1 heterocycles. The standard InChI is InChI=1S/C22H24N4O2/c1-4-20-19(14-24-26(20)18-11-9-15(3)10-12-18)22(28)25-17-8-6-7-16(13-17)21(27)23-5-2/h6-14H,4-5H2,1-3H3,(H,23,27)(H,25,28). The molecule has 28 heavy (non-hydrogen) atoms. The molecule has 6 heteroatoms. The van der Waals surface area contributed by atoms with E-state index in [1.165, 1.54) is 5.56 Å². The van der Waals surface area contributed by atoms with Gasteiger partial charge in [0.2, 0.25) is 0 Å². The smallest absolute Gasteiger partial charge is 0.259 e. The summed E-state index contributed by atoms with van der Waals surface area (Å²) in [5.74, 6) is -0.414. The summed E-state index contributed by atoms with van der Waals surface area (Å²) in [5, 5.41) is 10.0. The van der Waals surface area contributed by atoms with E-state index in [4.69, 9.17) is 0 Å². The Kier molecular flexibility index (Phi) is 5.89. The van der Waals surface area contributed by atoms with Crippen molar-refractivity contribution in [1.82, 2.24) is 15.1 Å². The first-order valence-corrected chi connectivity index (χ1v) is 9.37. The second kappa shape index (κ2) is 8.52. The molecule has 144 valence electrons. The van der Waals surface area contributed by atoms with Gasteiger partial charge in [0.05, 0.1) is 23.1 Å². The lowest BCUT2D eigenvalue weighted by molar-refractivity contribution is 0.0954. The number of amides is 2. The number of hydrogen-bond donors (Lipinski definition) is 2. The van der Waals surface area contributed by atoms with Crippen molar-refractivity contribution >= 4 is 17.5 Å². The highest BCUT2D eigenvalue weighted by Gasteiger charge is 2.17. The van der Waals surface area contributed by atoms with Crippen molar-refractivity contribution in [2.24, 2.45) is 0 Å². The Morgan fingerprint density at radius 2 is 1.79 bits per heavy atom. The van der Waals surface area contributed by atoms with E-state index in [-0.39, 0.29) is 11.8 Å². The second-order valence-corrected chi connectivity index (χ2v) is 6.50. The second-order valence-electron chi connectivity index (χ2n) is 6.50. The number of hydrogen-bond acceptors (Lipinski definition) is 3. The maximum Gasteiger partial charge on any atom is 0.259 e. The van der Waals surface area contributed by atoms with E-state index < -0.39 is 0 Å². The fraction of sp³-hybridized carbons (Fsp3) is 0.227. The van der Waals surface area contributed by atoms with Crippen LogP contribution in [0, 0.1) is 6.92 Å². The van der Waals surface area contributed by atoms with Gasteiger partial charge in [-0.25, -0.2) is 4.68 Å². The lowest BCUT2D eigenvalue weighted by atomic mass is 10.1. The molecule has 0 aliphatic heterocycles. The molecule has 1 aromatic heterocycles. The van der Waals surface area contributed by atoms with E-state index in [9.17, 15) is 9.59 Å². The van der Waals surface area contributed by atoms with E-state index in [2.05, 4.69) is 15.7 Å². The summed E-state index contributed by atoms with van der Waals surface area (Å²) in [4.78, 5) is 24.8. The van der Waals surface area contributed by atoms with Gasteiger partial charge in [0.15, 0.2) is 0 Å². The van der Waals surface area contributed by atoms with Crippen molar-refractivity contribution < 1.29 is 9.59 Å². The van der Waals surface area contributed by atoms with Crippen LogP contribution in [-0.2, 0) is 6.42 Å². The molecule has 2 N–H and O–H groups in total. The molecule has 3 rings (SSSR count).